The van der Waals surface area contributed by atoms with Crippen molar-refractivity contribution in [1.82, 2.24) is 0 Å². The van der Waals surface area contributed by atoms with E-state index in [0.717, 1.165) is 6.42 Å². The molecule has 0 heterocycles. The first-order chi connectivity index (χ1) is 8.63. The van der Waals surface area contributed by atoms with Crippen LogP contribution in [0.2, 0.25) is 0 Å². The Morgan fingerprint density at radius 2 is 1.83 bits per heavy atom. The zero-order valence-electron chi connectivity index (χ0n) is 12.0. The quantitative estimate of drug-likeness (QED) is 0.768. The molecule has 0 saturated carbocycles. The van der Waals surface area contributed by atoms with Gasteiger partial charge < -0.3 is 5.73 Å². The first-order valence-corrected chi connectivity index (χ1v) is 7.54. The van der Waals surface area contributed by atoms with E-state index in [4.69, 9.17) is 5.73 Å². The van der Waals surface area contributed by atoms with E-state index >= 15 is 0 Å². The number of unbranched alkanes of at least 4 members (excludes halogenated alkanes) is 2. The number of aryl methyl sites for hydroxylation is 2. The summed E-state index contributed by atoms with van der Waals surface area (Å²) in [5.74, 6) is 0. The van der Waals surface area contributed by atoms with Crippen LogP contribution < -0.4 is 5.73 Å². The summed E-state index contributed by atoms with van der Waals surface area (Å²) < 4.78 is 0. The summed E-state index contributed by atoms with van der Waals surface area (Å²) in [6.07, 6.45) is 10.1. The highest BCUT2D eigenvalue weighted by atomic mass is 14.7. The van der Waals surface area contributed by atoms with Gasteiger partial charge in [0.15, 0.2) is 0 Å². The number of nitrogens with two attached hydrogens (primary N) is 1. The van der Waals surface area contributed by atoms with Crippen LogP contribution in [0.5, 0.6) is 0 Å². The Balaban J connectivity index is 2.11. The van der Waals surface area contributed by atoms with Gasteiger partial charge in [-0.3, -0.25) is 0 Å². The van der Waals surface area contributed by atoms with Gasteiger partial charge in [0.2, 0.25) is 0 Å². The van der Waals surface area contributed by atoms with E-state index in [-0.39, 0.29) is 5.54 Å². The van der Waals surface area contributed by atoms with Crippen LogP contribution in [0.25, 0.3) is 0 Å². The van der Waals surface area contributed by atoms with Crippen molar-refractivity contribution in [3.05, 3.63) is 34.9 Å². The molecule has 1 nitrogen and oxygen atoms in total. The Morgan fingerprint density at radius 3 is 2.56 bits per heavy atom. The fourth-order valence-electron chi connectivity index (χ4n) is 2.98. The molecule has 100 valence electrons. The highest BCUT2D eigenvalue weighted by Gasteiger charge is 2.22. The van der Waals surface area contributed by atoms with Gasteiger partial charge in [0, 0.05) is 5.54 Å². The van der Waals surface area contributed by atoms with E-state index in [0.29, 0.717) is 0 Å². The largest absolute Gasteiger partial charge is 0.322 e. The van der Waals surface area contributed by atoms with Crippen LogP contribution in [0.3, 0.4) is 0 Å². The monoisotopic (exact) mass is 245 g/mol. The van der Waals surface area contributed by atoms with Crippen molar-refractivity contribution in [3.63, 3.8) is 0 Å². The van der Waals surface area contributed by atoms with Crippen molar-refractivity contribution in [3.8, 4) is 0 Å². The van der Waals surface area contributed by atoms with E-state index in [9.17, 15) is 0 Å². The zero-order chi connectivity index (χ0) is 13.0. The average molecular weight is 245 g/mol. The summed E-state index contributed by atoms with van der Waals surface area (Å²) in [7, 11) is 0. The van der Waals surface area contributed by atoms with E-state index in [1.54, 1.807) is 11.1 Å². The van der Waals surface area contributed by atoms with Gasteiger partial charge in [-0.25, -0.2) is 0 Å². The minimum atomic E-state index is -0.151. The molecule has 0 aliphatic heterocycles. The highest BCUT2D eigenvalue weighted by molar-refractivity contribution is 5.36. The maximum absolute atomic E-state index is 6.51. The molecule has 18 heavy (non-hydrogen) atoms. The standard InChI is InChI=1S/C17H27N/c1-3-4-7-12-17(2,18)16-11-10-14-8-5-6-9-15(14)13-16/h10-11,13H,3-9,12,18H2,1-2H3. The first-order valence-electron chi connectivity index (χ1n) is 7.54. The Morgan fingerprint density at radius 1 is 1.11 bits per heavy atom. The Hall–Kier alpha value is -0.820. The van der Waals surface area contributed by atoms with Crippen LogP contribution in [0.1, 0.15) is 69.1 Å². The third kappa shape index (κ3) is 3.14. The van der Waals surface area contributed by atoms with E-state index in [1.807, 2.05) is 0 Å². The molecule has 1 aromatic rings. The van der Waals surface area contributed by atoms with Crippen LogP contribution in [0, 0.1) is 0 Å². The third-order valence-electron chi connectivity index (χ3n) is 4.31. The molecule has 0 bridgehead atoms. The Kier molecular flexibility index (Phi) is 4.45. The van der Waals surface area contributed by atoms with Crippen LogP contribution in [-0.4, -0.2) is 0 Å². The first kappa shape index (κ1) is 13.6. The average Bonchev–Trinajstić information content (AvgIpc) is 2.38. The Bertz CT molecular complexity index is 393. The van der Waals surface area contributed by atoms with Crippen LogP contribution in [-0.2, 0) is 18.4 Å². The van der Waals surface area contributed by atoms with Gasteiger partial charge in [0.05, 0.1) is 0 Å². The van der Waals surface area contributed by atoms with E-state index in [2.05, 4.69) is 32.0 Å². The molecule has 0 radical (unpaired) electrons. The lowest BCUT2D eigenvalue weighted by Crippen LogP contribution is -2.33. The lowest BCUT2D eigenvalue weighted by Gasteiger charge is -2.27. The summed E-state index contributed by atoms with van der Waals surface area (Å²) in [6, 6.07) is 6.95. The summed E-state index contributed by atoms with van der Waals surface area (Å²) in [5.41, 5.74) is 10.8. The molecule has 0 saturated heterocycles. The molecule has 0 spiro atoms. The minimum absolute atomic E-state index is 0.151. The van der Waals surface area contributed by atoms with Gasteiger partial charge in [-0.05, 0) is 55.7 Å². The fraction of sp³-hybridized carbons (Fsp3) is 0.647. The summed E-state index contributed by atoms with van der Waals surface area (Å²) in [6.45, 7) is 4.43. The number of rotatable bonds is 5. The molecule has 2 N–H and O–H groups in total. The third-order valence-corrected chi connectivity index (χ3v) is 4.31. The number of hydrogen-bond acceptors (Lipinski definition) is 1. The maximum Gasteiger partial charge on any atom is 0.0381 e. The lowest BCUT2D eigenvalue weighted by atomic mass is 9.83. The molecule has 1 unspecified atom stereocenters. The van der Waals surface area contributed by atoms with Crippen molar-refractivity contribution >= 4 is 0 Å². The van der Waals surface area contributed by atoms with Gasteiger partial charge >= 0.3 is 0 Å². The van der Waals surface area contributed by atoms with Crippen molar-refractivity contribution in [2.45, 2.75) is 70.8 Å². The Labute approximate surface area is 112 Å². The summed E-state index contributed by atoms with van der Waals surface area (Å²) in [4.78, 5) is 0. The van der Waals surface area contributed by atoms with Crippen molar-refractivity contribution in [2.24, 2.45) is 5.73 Å². The van der Waals surface area contributed by atoms with Crippen LogP contribution >= 0.6 is 0 Å². The number of fused-ring (bicyclic) bond motifs is 1. The van der Waals surface area contributed by atoms with E-state index < -0.39 is 0 Å². The van der Waals surface area contributed by atoms with E-state index in [1.165, 1.54) is 50.5 Å². The van der Waals surface area contributed by atoms with Gasteiger partial charge in [-0.1, -0.05) is 44.4 Å². The molecule has 1 aliphatic carbocycles. The molecule has 1 aliphatic rings. The van der Waals surface area contributed by atoms with Gasteiger partial charge in [-0.2, -0.15) is 0 Å². The minimum Gasteiger partial charge on any atom is -0.322 e. The molecule has 0 fully saturated rings. The molecule has 1 atom stereocenters. The summed E-state index contributed by atoms with van der Waals surface area (Å²) in [5, 5.41) is 0. The van der Waals surface area contributed by atoms with Gasteiger partial charge in [0.1, 0.15) is 0 Å². The molecular weight excluding hydrogens is 218 g/mol. The van der Waals surface area contributed by atoms with Gasteiger partial charge in [-0.15, -0.1) is 0 Å². The molecule has 1 aromatic carbocycles. The van der Waals surface area contributed by atoms with Crippen molar-refractivity contribution in [1.29, 1.82) is 0 Å². The normalized spacial score (nSPS) is 18.2. The SMILES string of the molecule is CCCCCC(C)(N)c1ccc2c(c1)CCCC2. The maximum atomic E-state index is 6.51. The molecule has 0 aromatic heterocycles. The smallest absolute Gasteiger partial charge is 0.0381 e. The number of hydrogen-bond donors (Lipinski definition) is 1. The van der Waals surface area contributed by atoms with Crippen LogP contribution in [0.4, 0.5) is 0 Å². The lowest BCUT2D eigenvalue weighted by molar-refractivity contribution is 0.426. The molecule has 0 amide bonds. The molecular formula is C17H27N. The second-order valence-corrected chi connectivity index (χ2v) is 6.07. The van der Waals surface area contributed by atoms with Gasteiger partial charge in [0.25, 0.3) is 0 Å². The number of benzene rings is 1. The second kappa shape index (κ2) is 5.88. The highest BCUT2D eigenvalue weighted by Crippen LogP contribution is 2.29. The van der Waals surface area contributed by atoms with Crippen molar-refractivity contribution < 1.29 is 0 Å². The predicted molar refractivity (Wildman–Crippen MR) is 78.8 cm³/mol. The topological polar surface area (TPSA) is 26.0 Å². The molecule has 2 rings (SSSR count). The van der Waals surface area contributed by atoms with Crippen molar-refractivity contribution in [2.75, 3.05) is 0 Å². The summed E-state index contributed by atoms with van der Waals surface area (Å²) >= 11 is 0. The second-order valence-electron chi connectivity index (χ2n) is 6.07. The fourth-order valence-corrected chi connectivity index (χ4v) is 2.98. The van der Waals surface area contributed by atoms with Crippen LogP contribution in [0.15, 0.2) is 18.2 Å². The molecule has 1 heteroatoms. The zero-order valence-corrected chi connectivity index (χ0v) is 12.0. The predicted octanol–water partition coefficient (Wildman–Crippen LogP) is 4.32.